The van der Waals surface area contributed by atoms with E-state index >= 15 is 0 Å². The number of carbonyl (C=O) groups excluding carboxylic acids is 1. The van der Waals surface area contributed by atoms with Gasteiger partial charge >= 0.3 is 0 Å². The molecular weight excluding hydrogens is 245 g/mol. The summed E-state index contributed by atoms with van der Waals surface area (Å²) in [6.45, 7) is 0.442. The van der Waals surface area contributed by atoms with E-state index in [1.165, 1.54) is 12.1 Å². The first-order valence-corrected chi connectivity index (χ1v) is 6.02. The molecule has 1 heterocycles. The van der Waals surface area contributed by atoms with Crippen LogP contribution in [-0.2, 0) is 6.54 Å². The third-order valence-corrected chi connectivity index (χ3v) is 3.31. The summed E-state index contributed by atoms with van der Waals surface area (Å²) >= 11 is 0. The average molecular weight is 257 g/mol. The van der Waals surface area contributed by atoms with Gasteiger partial charge in [-0.3, -0.25) is 4.79 Å². The lowest BCUT2D eigenvalue weighted by molar-refractivity contribution is 0.112. The lowest BCUT2D eigenvalue weighted by Crippen LogP contribution is -2.01. The van der Waals surface area contributed by atoms with Gasteiger partial charge < -0.3 is 9.67 Å². The van der Waals surface area contributed by atoms with Gasteiger partial charge in [0.15, 0.2) is 0 Å². The van der Waals surface area contributed by atoms with Gasteiger partial charge in [-0.15, -0.1) is 0 Å². The summed E-state index contributed by atoms with van der Waals surface area (Å²) in [5.74, 6) is -0.313. The molecule has 0 bridgehead atoms. The fourth-order valence-electron chi connectivity index (χ4n) is 2.51. The molecule has 0 amide bonds. The average Bonchev–Trinajstić information content (AvgIpc) is 2.73. The van der Waals surface area contributed by atoms with Crippen LogP contribution in [0.1, 0.15) is 10.4 Å². The Morgan fingerprint density at radius 3 is 2.47 bits per heavy atom. The van der Waals surface area contributed by atoms with E-state index in [9.17, 15) is 9.18 Å². The van der Waals surface area contributed by atoms with Crippen LogP contribution in [0, 0.1) is 5.82 Å². The van der Waals surface area contributed by atoms with Gasteiger partial charge in [0.05, 0.1) is 6.61 Å². The molecule has 0 saturated heterocycles. The van der Waals surface area contributed by atoms with Gasteiger partial charge in [-0.25, -0.2) is 4.39 Å². The predicted octanol–water partition coefficient (Wildman–Crippen LogP) is 2.74. The Hall–Kier alpha value is -2.20. The first-order valence-electron chi connectivity index (χ1n) is 6.02. The number of halogens is 1. The molecule has 96 valence electrons. The minimum Gasteiger partial charge on any atom is -0.395 e. The SMILES string of the molecule is O=Cc1ccc2c(c1)c1cc(F)ccc1n2CCO. The van der Waals surface area contributed by atoms with E-state index < -0.39 is 0 Å². The quantitative estimate of drug-likeness (QED) is 0.733. The standard InChI is InChI=1S/C15H12FNO2/c16-11-2-4-15-13(8-11)12-7-10(9-19)1-3-14(12)17(15)5-6-18/h1-4,7-9,18H,5-6H2. The first kappa shape index (κ1) is 11.9. The van der Waals surface area contributed by atoms with Crippen molar-refractivity contribution in [3.8, 4) is 0 Å². The lowest BCUT2D eigenvalue weighted by atomic mass is 10.1. The highest BCUT2D eigenvalue weighted by atomic mass is 19.1. The molecule has 3 nitrogen and oxygen atoms in total. The zero-order valence-electron chi connectivity index (χ0n) is 10.1. The van der Waals surface area contributed by atoms with Crippen LogP contribution in [0.15, 0.2) is 36.4 Å². The van der Waals surface area contributed by atoms with E-state index in [1.807, 2.05) is 10.6 Å². The molecule has 0 aliphatic heterocycles. The van der Waals surface area contributed by atoms with E-state index in [-0.39, 0.29) is 12.4 Å². The maximum Gasteiger partial charge on any atom is 0.150 e. The Morgan fingerprint density at radius 2 is 1.79 bits per heavy atom. The monoisotopic (exact) mass is 257 g/mol. The number of nitrogens with zero attached hydrogens (tertiary/aromatic N) is 1. The van der Waals surface area contributed by atoms with Crippen LogP contribution in [0.25, 0.3) is 21.8 Å². The van der Waals surface area contributed by atoms with Crippen molar-refractivity contribution in [1.29, 1.82) is 0 Å². The van der Waals surface area contributed by atoms with Crippen molar-refractivity contribution in [1.82, 2.24) is 4.57 Å². The van der Waals surface area contributed by atoms with Crippen molar-refractivity contribution in [2.75, 3.05) is 6.61 Å². The van der Waals surface area contributed by atoms with Crippen LogP contribution in [0.3, 0.4) is 0 Å². The third-order valence-electron chi connectivity index (χ3n) is 3.31. The van der Waals surface area contributed by atoms with Crippen LogP contribution >= 0.6 is 0 Å². The summed E-state index contributed by atoms with van der Waals surface area (Å²) in [7, 11) is 0. The molecular formula is C15H12FNO2. The van der Waals surface area contributed by atoms with E-state index in [0.717, 1.165) is 28.1 Å². The Kier molecular flexibility index (Phi) is 2.80. The number of aliphatic hydroxyl groups is 1. The molecule has 4 heteroatoms. The minimum absolute atomic E-state index is 0.00564. The molecule has 0 unspecified atom stereocenters. The fraction of sp³-hybridized carbons (Fsp3) is 0.133. The van der Waals surface area contributed by atoms with Crippen molar-refractivity contribution in [3.63, 3.8) is 0 Å². The Labute approximate surface area is 108 Å². The first-order chi connectivity index (χ1) is 9.24. The molecule has 3 aromatic rings. The summed E-state index contributed by atoms with van der Waals surface area (Å²) in [4.78, 5) is 10.9. The lowest BCUT2D eigenvalue weighted by Gasteiger charge is -2.04. The number of aromatic nitrogens is 1. The molecule has 0 saturated carbocycles. The topological polar surface area (TPSA) is 42.2 Å². The van der Waals surface area contributed by atoms with Crippen molar-refractivity contribution >= 4 is 28.1 Å². The second-order valence-corrected chi connectivity index (χ2v) is 4.43. The number of aliphatic hydroxyl groups excluding tert-OH is 1. The van der Waals surface area contributed by atoms with Crippen molar-refractivity contribution in [2.45, 2.75) is 6.54 Å². The van der Waals surface area contributed by atoms with Crippen LogP contribution in [-0.4, -0.2) is 22.6 Å². The maximum atomic E-state index is 13.4. The number of benzene rings is 2. The summed E-state index contributed by atoms with van der Waals surface area (Å²) in [6, 6.07) is 9.85. The van der Waals surface area contributed by atoms with Crippen molar-refractivity contribution < 1.29 is 14.3 Å². The van der Waals surface area contributed by atoms with E-state index in [4.69, 9.17) is 5.11 Å². The summed E-state index contributed by atoms with van der Waals surface area (Å²) < 4.78 is 15.3. The molecule has 0 fully saturated rings. The number of fused-ring (bicyclic) bond motifs is 3. The number of hydrogen-bond donors (Lipinski definition) is 1. The molecule has 3 rings (SSSR count). The summed E-state index contributed by atoms with van der Waals surface area (Å²) in [6.07, 6.45) is 0.772. The van der Waals surface area contributed by atoms with Gasteiger partial charge in [0.2, 0.25) is 0 Å². The predicted molar refractivity (Wildman–Crippen MR) is 71.9 cm³/mol. The second-order valence-electron chi connectivity index (χ2n) is 4.43. The molecule has 1 N–H and O–H groups in total. The molecule has 0 aliphatic rings. The van der Waals surface area contributed by atoms with Crippen molar-refractivity contribution in [3.05, 3.63) is 47.8 Å². The van der Waals surface area contributed by atoms with Crippen LogP contribution < -0.4 is 0 Å². The van der Waals surface area contributed by atoms with Gasteiger partial charge in [-0.2, -0.15) is 0 Å². The maximum absolute atomic E-state index is 13.4. The van der Waals surface area contributed by atoms with Gasteiger partial charge in [-0.1, -0.05) is 0 Å². The van der Waals surface area contributed by atoms with Crippen LogP contribution in [0.4, 0.5) is 4.39 Å². The number of aldehydes is 1. The molecule has 2 aromatic carbocycles. The Morgan fingerprint density at radius 1 is 1.11 bits per heavy atom. The third kappa shape index (κ3) is 1.81. The molecule has 0 radical (unpaired) electrons. The summed E-state index contributed by atoms with van der Waals surface area (Å²) in [5, 5.41) is 10.7. The fourth-order valence-corrected chi connectivity index (χ4v) is 2.51. The van der Waals surface area contributed by atoms with E-state index in [0.29, 0.717) is 12.1 Å². The van der Waals surface area contributed by atoms with E-state index in [2.05, 4.69) is 0 Å². The largest absolute Gasteiger partial charge is 0.395 e. The van der Waals surface area contributed by atoms with Gasteiger partial charge in [0, 0.05) is 33.9 Å². The highest BCUT2D eigenvalue weighted by molar-refractivity contribution is 6.09. The van der Waals surface area contributed by atoms with Gasteiger partial charge in [-0.05, 0) is 36.4 Å². The van der Waals surface area contributed by atoms with Gasteiger partial charge in [0.1, 0.15) is 12.1 Å². The number of hydrogen-bond acceptors (Lipinski definition) is 2. The zero-order chi connectivity index (χ0) is 13.4. The van der Waals surface area contributed by atoms with Crippen LogP contribution in [0.2, 0.25) is 0 Å². The molecule has 0 atom stereocenters. The molecule has 19 heavy (non-hydrogen) atoms. The van der Waals surface area contributed by atoms with Crippen molar-refractivity contribution in [2.24, 2.45) is 0 Å². The Bertz CT molecular complexity index is 777. The number of carbonyl (C=O) groups is 1. The molecule has 0 aliphatic carbocycles. The summed E-state index contributed by atoms with van der Waals surface area (Å²) in [5.41, 5.74) is 2.30. The highest BCUT2D eigenvalue weighted by Crippen LogP contribution is 2.30. The van der Waals surface area contributed by atoms with E-state index in [1.54, 1.807) is 18.2 Å². The molecule has 0 spiro atoms. The number of rotatable bonds is 3. The zero-order valence-corrected chi connectivity index (χ0v) is 10.1. The normalized spacial score (nSPS) is 11.3. The smallest absolute Gasteiger partial charge is 0.150 e. The second kappa shape index (κ2) is 4.48. The minimum atomic E-state index is -0.313. The molecule has 1 aromatic heterocycles. The highest BCUT2D eigenvalue weighted by Gasteiger charge is 2.11. The van der Waals surface area contributed by atoms with Crippen LogP contribution in [0.5, 0.6) is 0 Å². The van der Waals surface area contributed by atoms with Gasteiger partial charge in [0.25, 0.3) is 0 Å². The Balaban J connectivity index is 2.46.